The normalized spacial score (nSPS) is 23.1. The first-order chi connectivity index (χ1) is 7.68. The zero-order valence-corrected chi connectivity index (χ0v) is 9.52. The van der Waals surface area contributed by atoms with Gasteiger partial charge in [0.05, 0.1) is 6.04 Å². The fraction of sp³-hybridized carbons (Fsp3) is 0.636. The van der Waals surface area contributed by atoms with Gasteiger partial charge in [-0.3, -0.25) is 9.89 Å². The van der Waals surface area contributed by atoms with E-state index in [1.165, 1.54) is 0 Å². The molecule has 0 saturated carbocycles. The van der Waals surface area contributed by atoms with Gasteiger partial charge in [-0.05, 0) is 25.8 Å². The summed E-state index contributed by atoms with van der Waals surface area (Å²) in [4.78, 5) is 13.6. The molecule has 0 radical (unpaired) electrons. The largest absolute Gasteiger partial charge is 0.341 e. The average molecular weight is 222 g/mol. The van der Waals surface area contributed by atoms with Crippen LogP contribution in [0.4, 0.5) is 0 Å². The minimum atomic E-state index is -0.402. The Hall–Kier alpha value is -1.36. The van der Waals surface area contributed by atoms with Crippen LogP contribution in [0.15, 0.2) is 12.3 Å². The molecule has 1 aliphatic heterocycles. The highest BCUT2D eigenvalue weighted by molar-refractivity contribution is 5.81. The van der Waals surface area contributed by atoms with Crippen LogP contribution in [0, 0.1) is 0 Å². The maximum atomic E-state index is 11.8. The topological polar surface area (TPSA) is 75.0 Å². The van der Waals surface area contributed by atoms with Crippen molar-refractivity contribution in [2.24, 2.45) is 5.73 Å². The van der Waals surface area contributed by atoms with E-state index < -0.39 is 6.04 Å². The van der Waals surface area contributed by atoms with E-state index in [2.05, 4.69) is 10.2 Å². The number of likely N-dealkylation sites (tertiary alicyclic amines) is 1. The summed E-state index contributed by atoms with van der Waals surface area (Å²) in [7, 11) is 0. The van der Waals surface area contributed by atoms with Gasteiger partial charge in [0.1, 0.15) is 0 Å². The lowest BCUT2D eigenvalue weighted by atomic mass is 9.94. The van der Waals surface area contributed by atoms with Gasteiger partial charge in [0.2, 0.25) is 5.91 Å². The molecule has 0 bridgehead atoms. The molecule has 88 valence electrons. The molecule has 1 unspecified atom stereocenters. The van der Waals surface area contributed by atoms with Crippen molar-refractivity contribution in [1.82, 2.24) is 15.1 Å². The number of carbonyl (C=O) groups excluding carboxylic acids is 1. The first-order valence-corrected chi connectivity index (χ1v) is 5.72. The molecule has 2 heterocycles. The molecule has 1 aliphatic rings. The van der Waals surface area contributed by atoms with Crippen LogP contribution in [0.25, 0.3) is 0 Å². The molecule has 1 aromatic heterocycles. The number of aromatic nitrogens is 2. The highest BCUT2D eigenvalue weighted by Gasteiger charge is 2.26. The minimum Gasteiger partial charge on any atom is -0.341 e. The van der Waals surface area contributed by atoms with Crippen LogP contribution >= 0.6 is 0 Å². The van der Waals surface area contributed by atoms with Crippen molar-refractivity contribution in [3.8, 4) is 0 Å². The van der Waals surface area contributed by atoms with Gasteiger partial charge < -0.3 is 10.6 Å². The fourth-order valence-electron chi connectivity index (χ4n) is 2.21. The highest BCUT2D eigenvalue weighted by Crippen LogP contribution is 2.25. The van der Waals surface area contributed by atoms with Gasteiger partial charge in [-0.1, -0.05) is 0 Å². The molecule has 0 aliphatic carbocycles. The molecule has 0 spiro atoms. The van der Waals surface area contributed by atoms with E-state index in [1.54, 1.807) is 13.1 Å². The van der Waals surface area contributed by atoms with Crippen molar-refractivity contribution >= 4 is 5.91 Å². The van der Waals surface area contributed by atoms with E-state index in [0.717, 1.165) is 31.6 Å². The van der Waals surface area contributed by atoms with Crippen LogP contribution in [0.3, 0.4) is 0 Å². The Morgan fingerprint density at radius 1 is 1.75 bits per heavy atom. The zero-order chi connectivity index (χ0) is 11.5. The first kappa shape index (κ1) is 11.1. The lowest BCUT2D eigenvalue weighted by Gasteiger charge is -2.33. The van der Waals surface area contributed by atoms with E-state index in [-0.39, 0.29) is 5.91 Å². The molecular formula is C11H18N4O. The zero-order valence-electron chi connectivity index (χ0n) is 9.52. The Bertz CT molecular complexity index is 347. The monoisotopic (exact) mass is 222 g/mol. The SMILES string of the molecule is C[C@@H](N)C(=O)N1CCCC(c2ccn[nH]2)C1. The van der Waals surface area contributed by atoms with Crippen molar-refractivity contribution in [2.45, 2.75) is 31.7 Å². The number of rotatable bonds is 2. The van der Waals surface area contributed by atoms with Gasteiger partial charge in [0, 0.05) is 30.9 Å². The standard InChI is InChI=1S/C11H18N4O/c1-8(12)11(16)15-6-2-3-9(7-15)10-4-5-13-14-10/h4-5,8-9H,2-3,6-7,12H2,1H3,(H,13,14)/t8-,9?/m1/s1. The van der Waals surface area contributed by atoms with E-state index in [0.29, 0.717) is 5.92 Å². The third kappa shape index (κ3) is 2.24. The molecule has 1 saturated heterocycles. The van der Waals surface area contributed by atoms with Crippen molar-refractivity contribution in [3.63, 3.8) is 0 Å². The number of hydrogen-bond donors (Lipinski definition) is 2. The molecule has 1 amide bonds. The molecule has 2 atom stereocenters. The average Bonchev–Trinajstić information content (AvgIpc) is 2.81. The second-order valence-electron chi connectivity index (χ2n) is 4.42. The molecular weight excluding hydrogens is 204 g/mol. The predicted molar refractivity (Wildman–Crippen MR) is 60.8 cm³/mol. The highest BCUT2D eigenvalue weighted by atomic mass is 16.2. The Balaban J connectivity index is 2.02. The number of carbonyl (C=O) groups is 1. The Morgan fingerprint density at radius 3 is 3.19 bits per heavy atom. The third-order valence-electron chi connectivity index (χ3n) is 3.08. The lowest BCUT2D eigenvalue weighted by molar-refractivity contribution is -0.133. The molecule has 3 N–H and O–H groups in total. The van der Waals surface area contributed by atoms with Crippen molar-refractivity contribution in [3.05, 3.63) is 18.0 Å². The lowest BCUT2D eigenvalue weighted by Crippen LogP contribution is -2.46. The summed E-state index contributed by atoms with van der Waals surface area (Å²) in [6, 6.07) is 1.57. The van der Waals surface area contributed by atoms with E-state index >= 15 is 0 Å². The fourth-order valence-corrected chi connectivity index (χ4v) is 2.21. The molecule has 0 aromatic carbocycles. The van der Waals surface area contributed by atoms with Crippen LogP contribution < -0.4 is 5.73 Å². The van der Waals surface area contributed by atoms with Crippen LogP contribution in [-0.4, -0.2) is 40.1 Å². The van der Waals surface area contributed by atoms with Crippen LogP contribution in [-0.2, 0) is 4.79 Å². The quantitative estimate of drug-likeness (QED) is 0.763. The van der Waals surface area contributed by atoms with Crippen LogP contribution in [0.5, 0.6) is 0 Å². The molecule has 16 heavy (non-hydrogen) atoms. The number of piperidine rings is 1. The minimum absolute atomic E-state index is 0.0456. The maximum absolute atomic E-state index is 11.8. The van der Waals surface area contributed by atoms with Gasteiger partial charge in [0.25, 0.3) is 0 Å². The number of nitrogens with zero attached hydrogens (tertiary/aromatic N) is 2. The first-order valence-electron chi connectivity index (χ1n) is 5.72. The molecule has 5 nitrogen and oxygen atoms in total. The van der Waals surface area contributed by atoms with Gasteiger partial charge in [0.15, 0.2) is 0 Å². The summed E-state index contributed by atoms with van der Waals surface area (Å²) in [5.41, 5.74) is 6.73. The number of hydrogen-bond acceptors (Lipinski definition) is 3. The third-order valence-corrected chi connectivity index (χ3v) is 3.08. The van der Waals surface area contributed by atoms with Gasteiger partial charge >= 0.3 is 0 Å². The summed E-state index contributed by atoms with van der Waals surface area (Å²) in [6.45, 7) is 3.32. The summed E-state index contributed by atoms with van der Waals surface area (Å²) < 4.78 is 0. The molecule has 5 heteroatoms. The number of H-pyrrole nitrogens is 1. The summed E-state index contributed by atoms with van der Waals surface area (Å²) in [6.07, 6.45) is 3.88. The van der Waals surface area contributed by atoms with E-state index in [9.17, 15) is 4.79 Å². The van der Waals surface area contributed by atoms with Crippen molar-refractivity contribution in [1.29, 1.82) is 0 Å². The Labute approximate surface area is 95.0 Å². The van der Waals surface area contributed by atoms with Gasteiger partial charge in [-0.25, -0.2) is 0 Å². The smallest absolute Gasteiger partial charge is 0.239 e. The van der Waals surface area contributed by atoms with E-state index in [1.807, 2.05) is 11.0 Å². The Morgan fingerprint density at radius 2 is 2.56 bits per heavy atom. The summed E-state index contributed by atoms with van der Waals surface area (Å²) in [5, 5.41) is 6.93. The van der Waals surface area contributed by atoms with Crippen molar-refractivity contribution in [2.75, 3.05) is 13.1 Å². The Kier molecular flexibility index (Phi) is 3.24. The van der Waals surface area contributed by atoms with Gasteiger partial charge in [-0.15, -0.1) is 0 Å². The maximum Gasteiger partial charge on any atom is 0.239 e. The van der Waals surface area contributed by atoms with Crippen molar-refractivity contribution < 1.29 is 4.79 Å². The predicted octanol–water partition coefficient (Wildman–Crippen LogP) is 0.463. The van der Waals surface area contributed by atoms with E-state index in [4.69, 9.17) is 5.73 Å². The second kappa shape index (κ2) is 4.65. The molecule has 1 fully saturated rings. The summed E-state index contributed by atoms with van der Waals surface area (Å²) in [5.74, 6) is 0.420. The van der Waals surface area contributed by atoms with Crippen LogP contribution in [0.1, 0.15) is 31.4 Å². The number of nitrogens with two attached hydrogens (primary N) is 1. The molecule has 2 rings (SSSR count). The number of amides is 1. The number of aromatic amines is 1. The van der Waals surface area contributed by atoms with Gasteiger partial charge in [-0.2, -0.15) is 5.10 Å². The number of nitrogens with one attached hydrogen (secondary N) is 1. The van der Waals surface area contributed by atoms with Crippen LogP contribution in [0.2, 0.25) is 0 Å². The summed E-state index contributed by atoms with van der Waals surface area (Å²) >= 11 is 0. The second-order valence-corrected chi connectivity index (χ2v) is 4.42. The molecule has 1 aromatic rings.